The summed E-state index contributed by atoms with van der Waals surface area (Å²) in [7, 11) is -12.4. The highest BCUT2D eigenvalue weighted by Gasteiger charge is 2.33. The first-order valence-corrected chi connectivity index (χ1v) is 63.8. The maximum Gasteiger partial charge on any atom is 0.388 e. The molecule has 0 heterocycles. The monoisotopic (exact) mass is 1480 g/mol. The number of alkyl halides is 3. The Morgan fingerprint density at radius 2 is 0.674 bits per heavy atom. The zero-order chi connectivity index (χ0) is 74.7. The quantitative estimate of drug-likeness (QED) is 0.0378. The number of allylic oxidation sites excluding steroid dienone is 1. The fourth-order valence-electron chi connectivity index (χ4n) is 8.67. The van der Waals surface area contributed by atoms with Crippen molar-refractivity contribution in [3.05, 3.63) is 146 Å². The summed E-state index contributed by atoms with van der Waals surface area (Å²) in [6, 6.07) is 45.4. The second-order valence-electron chi connectivity index (χ2n) is 29.1. The average Bonchev–Trinajstić information content (AvgIpc) is 0.841. The number of aryl methyl sites for hydroxylation is 1. The molecule has 0 saturated carbocycles. The third-order valence-electron chi connectivity index (χ3n) is 14.1. The van der Waals surface area contributed by atoms with E-state index in [0.717, 1.165) is 58.7 Å². The molecule has 0 radical (unpaired) electrons. The zero-order valence-electron chi connectivity index (χ0n) is 66.8. The van der Waals surface area contributed by atoms with Gasteiger partial charge in [-0.3, -0.25) is 0 Å². The third-order valence-corrected chi connectivity index (χ3v) is 34.5. The molecule has 0 aliphatic carbocycles. The van der Waals surface area contributed by atoms with Crippen LogP contribution in [0.1, 0.15) is 87.6 Å². The molecule has 552 valence electrons. The van der Waals surface area contributed by atoms with E-state index in [1.807, 2.05) is 57.8 Å². The molecule has 4 aromatic carbocycles. The molecule has 0 aromatic heterocycles. The fourth-order valence-corrected chi connectivity index (χ4v) is 21.6. The predicted molar refractivity (Wildman–Crippen MR) is 441 cm³/mol. The van der Waals surface area contributed by atoms with E-state index in [1.54, 1.807) is 0 Å². The van der Waals surface area contributed by atoms with Crippen LogP contribution in [-0.2, 0) is 41.8 Å². The minimum Gasteiger partial charge on any atom is -0.418 e. The van der Waals surface area contributed by atoms with Crippen molar-refractivity contribution in [2.75, 3.05) is 52.9 Å². The number of benzene rings is 4. The molecule has 0 aliphatic heterocycles. The van der Waals surface area contributed by atoms with Gasteiger partial charge in [0.05, 0.1) is 0 Å². The molecular weight excluding hydrogens is 1340 g/mol. The lowest BCUT2D eigenvalue weighted by Crippen LogP contribution is -2.44. The molecule has 0 N–H and O–H groups in total. The average molecular weight is 1490 g/mol. The molecule has 0 fully saturated rings. The van der Waals surface area contributed by atoms with Crippen LogP contribution in [0.15, 0.2) is 140 Å². The Labute approximate surface area is 595 Å². The number of halogens is 3. The van der Waals surface area contributed by atoms with E-state index >= 15 is 0 Å². The lowest BCUT2D eigenvalue weighted by atomic mass is 10.1. The number of rotatable bonds is 30. The van der Waals surface area contributed by atoms with Gasteiger partial charge in [-0.15, -0.1) is 13.2 Å². The van der Waals surface area contributed by atoms with E-state index < -0.39 is 87.2 Å². The van der Waals surface area contributed by atoms with Gasteiger partial charge in [0.25, 0.3) is 0 Å². The Morgan fingerprint density at radius 3 is 0.989 bits per heavy atom. The Bertz CT molecular complexity index is 2400. The topological polar surface area (TPSA) is 73.8 Å². The first-order valence-electron chi connectivity index (χ1n) is 35.4. The van der Waals surface area contributed by atoms with E-state index in [2.05, 4.69) is 283 Å². The maximum atomic E-state index is 11.8. The van der Waals surface area contributed by atoms with E-state index in [1.165, 1.54) is 51.6 Å². The van der Waals surface area contributed by atoms with Gasteiger partial charge in [-0.05, 0) is 224 Å². The highest BCUT2D eigenvalue weighted by Crippen LogP contribution is 2.27. The normalized spacial score (nSPS) is 11.9. The summed E-state index contributed by atoms with van der Waals surface area (Å²) in [6.45, 7) is 78.5. The Balaban J connectivity index is -0.000000326. The van der Waals surface area contributed by atoms with Crippen molar-refractivity contribution in [3.8, 4) is 11.1 Å². The van der Waals surface area contributed by atoms with Crippen LogP contribution >= 0.6 is 0 Å². The molecule has 0 amide bonds. The number of hydrogen-bond donors (Lipinski definition) is 0. The second-order valence-corrected chi connectivity index (χ2v) is 68.4. The van der Waals surface area contributed by atoms with Crippen LogP contribution in [-0.4, -0.2) is 134 Å². The van der Waals surface area contributed by atoms with Gasteiger partial charge in [0, 0.05) is 67.3 Å². The van der Waals surface area contributed by atoms with Gasteiger partial charge in [0.15, 0.2) is 41.6 Å². The lowest BCUT2D eigenvalue weighted by molar-refractivity contribution is -0.131. The van der Waals surface area contributed by atoms with Crippen LogP contribution < -0.4 is 10.4 Å². The fraction of sp³-hybridized carbons (Fsp3) is 0.627. The van der Waals surface area contributed by atoms with Gasteiger partial charge >= 0.3 is 6.18 Å². The molecule has 0 bridgehead atoms. The molecule has 95 heavy (non-hydrogen) atoms. The standard InChI is InChI=1S/C16H20OSi.C12H20OSi.C10H16OSi.C7H15F3OSi.C7H18OSi.C7H16OSi.C6H16OSi.C6H14OSi.C4H12Si/c1-4-17-18(2,3)16-12-10-15(11-13-16)14-8-6-5-7-9-14;1-4-13-14(2,3)11-10-12-8-6-5-7-9-12;1-4-11-12(2,3)10-8-6-5-7-9-10;1-4-11-12(2,3)6-5-7(8,9)10;2*1-5-7-9(3,4)8-6-2;2*1-5-7-8(3,4)6-2;1-5(2,3)4/h5-13H,4H2,1-3H3;5-9H,4,10-11H2,1-3H3;5-9H,4H2,1-3H3;4-6H2,1-3H3;5-7H2,1-4H3;5H,1,6-7H2,2-4H3;5-6H2,1-4H3;6H,2,5H2,1,3-4H3;1-4H3. The minimum atomic E-state index is -4.04. The lowest BCUT2D eigenvalue weighted by Gasteiger charge is -2.22. The third kappa shape index (κ3) is 64.9. The van der Waals surface area contributed by atoms with Gasteiger partial charge in [0.2, 0.25) is 25.0 Å². The Morgan fingerprint density at radius 1 is 0.358 bits per heavy atom. The first kappa shape index (κ1) is 101. The van der Waals surface area contributed by atoms with Crippen LogP contribution in [0.2, 0.25) is 161 Å². The Kier molecular flexibility index (Phi) is 58.2. The summed E-state index contributed by atoms with van der Waals surface area (Å²) in [6.07, 6.45) is -0.394. The first-order chi connectivity index (χ1) is 43.7. The van der Waals surface area contributed by atoms with Crippen molar-refractivity contribution in [1.82, 2.24) is 0 Å². The van der Waals surface area contributed by atoms with Gasteiger partial charge in [-0.1, -0.05) is 173 Å². The minimum absolute atomic E-state index is 0.157. The van der Waals surface area contributed by atoms with Crippen LogP contribution in [0.25, 0.3) is 11.1 Å². The van der Waals surface area contributed by atoms with Crippen LogP contribution in [0.3, 0.4) is 0 Å². The smallest absolute Gasteiger partial charge is 0.388 e. The van der Waals surface area contributed by atoms with Gasteiger partial charge < -0.3 is 35.4 Å². The van der Waals surface area contributed by atoms with E-state index in [4.69, 9.17) is 35.4 Å². The van der Waals surface area contributed by atoms with Gasteiger partial charge in [-0.2, -0.15) is 13.2 Å². The summed E-state index contributed by atoms with van der Waals surface area (Å²) in [4.78, 5) is 0. The van der Waals surface area contributed by atoms with Crippen molar-refractivity contribution < 1.29 is 48.6 Å². The molecular formula is C75H147F3O8Si9. The Hall–Kier alpha value is -2.22. The summed E-state index contributed by atoms with van der Waals surface area (Å²) >= 11 is 0. The van der Waals surface area contributed by atoms with Crippen molar-refractivity contribution in [2.45, 2.75) is 256 Å². The van der Waals surface area contributed by atoms with Crippen molar-refractivity contribution in [1.29, 1.82) is 0 Å². The van der Waals surface area contributed by atoms with E-state index in [9.17, 15) is 13.2 Å². The zero-order valence-corrected chi connectivity index (χ0v) is 75.8. The van der Waals surface area contributed by atoms with Gasteiger partial charge in [0.1, 0.15) is 0 Å². The highest BCUT2D eigenvalue weighted by atomic mass is 28.4. The van der Waals surface area contributed by atoms with E-state index in [-0.39, 0.29) is 6.04 Å². The van der Waals surface area contributed by atoms with Crippen LogP contribution in [0.4, 0.5) is 13.2 Å². The summed E-state index contributed by atoms with van der Waals surface area (Å²) in [5.74, 6) is 0. The molecule has 0 atom stereocenters. The molecule has 4 rings (SSSR count). The van der Waals surface area contributed by atoms with Crippen LogP contribution in [0.5, 0.6) is 0 Å². The molecule has 0 saturated heterocycles. The van der Waals surface area contributed by atoms with Crippen LogP contribution in [0, 0.1) is 0 Å². The predicted octanol–water partition coefficient (Wildman–Crippen LogP) is 23.8. The summed E-state index contributed by atoms with van der Waals surface area (Å²) in [5.41, 5.74) is 5.89. The van der Waals surface area contributed by atoms with Crippen molar-refractivity contribution >= 4 is 85.0 Å². The molecule has 0 aliphatic rings. The van der Waals surface area contributed by atoms with E-state index in [0.29, 0.717) is 6.61 Å². The largest absolute Gasteiger partial charge is 0.418 e. The van der Waals surface area contributed by atoms with Gasteiger partial charge in [-0.25, -0.2) is 0 Å². The molecule has 4 aromatic rings. The van der Waals surface area contributed by atoms with Crippen molar-refractivity contribution in [2.24, 2.45) is 0 Å². The molecule has 8 nitrogen and oxygen atoms in total. The van der Waals surface area contributed by atoms with Crippen molar-refractivity contribution in [3.63, 3.8) is 0 Å². The number of hydrogen-bond acceptors (Lipinski definition) is 8. The summed E-state index contributed by atoms with van der Waals surface area (Å²) < 4.78 is 80.1. The SMILES string of the molecule is C=CC[Si](C)(C)OCC.C=C[Si](C)(C)OCC.CCC[Si](C)(C)OCC.CCO[Si](C)(C)CC.CCO[Si](C)(C)CCC(F)(F)F.CCO[Si](C)(C)CCc1ccccc1.CCO[Si](C)(C)c1ccc(-c2ccccc2)cc1.CCO[Si](C)(C)c1ccccc1.C[Si](C)(C)C. The highest BCUT2D eigenvalue weighted by molar-refractivity contribution is 6.85. The molecule has 0 unspecified atom stereocenters. The second kappa shape index (κ2) is 54.5. The molecule has 20 heteroatoms. The molecule has 0 spiro atoms. The maximum absolute atomic E-state index is 11.8. The summed E-state index contributed by atoms with van der Waals surface area (Å²) in [5, 5.41) is 2.72.